The molecule has 0 radical (unpaired) electrons. The van der Waals surface area contributed by atoms with Gasteiger partial charge in [0, 0.05) is 28.7 Å². The SMILES string of the molecule is CCCCOCCCNS(=O)(=O)c1cc(Br)c(C)cc1Br. The Kier molecular flexibility index (Phi) is 8.41. The highest BCUT2D eigenvalue weighted by atomic mass is 79.9. The maximum Gasteiger partial charge on any atom is 0.241 e. The minimum atomic E-state index is -3.51. The van der Waals surface area contributed by atoms with Crippen molar-refractivity contribution < 1.29 is 13.2 Å². The van der Waals surface area contributed by atoms with Gasteiger partial charge in [0.2, 0.25) is 10.0 Å². The second-order valence-corrected chi connectivity index (χ2v) is 8.19. The fourth-order valence-electron chi connectivity index (χ4n) is 1.64. The molecular formula is C14H21Br2NO3S. The van der Waals surface area contributed by atoms with Crippen LogP contribution in [-0.4, -0.2) is 28.2 Å². The van der Waals surface area contributed by atoms with E-state index in [2.05, 4.69) is 43.5 Å². The van der Waals surface area contributed by atoms with E-state index in [0.29, 0.717) is 24.0 Å². The number of sulfonamides is 1. The molecule has 4 nitrogen and oxygen atoms in total. The molecule has 0 unspecified atom stereocenters. The molecule has 0 saturated carbocycles. The lowest BCUT2D eigenvalue weighted by molar-refractivity contribution is 0.130. The van der Waals surface area contributed by atoms with Crippen LogP contribution in [0.25, 0.3) is 0 Å². The highest BCUT2D eigenvalue weighted by Crippen LogP contribution is 2.28. The number of nitrogens with one attached hydrogen (secondary N) is 1. The van der Waals surface area contributed by atoms with Gasteiger partial charge in [-0.1, -0.05) is 29.3 Å². The molecule has 7 heteroatoms. The molecule has 0 fully saturated rings. The quantitative estimate of drug-likeness (QED) is 0.588. The number of rotatable bonds is 9. The first-order valence-corrected chi connectivity index (χ1v) is 9.98. The lowest BCUT2D eigenvalue weighted by Crippen LogP contribution is -2.26. The molecule has 21 heavy (non-hydrogen) atoms. The Bertz CT molecular complexity index is 562. The van der Waals surface area contributed by atoms with E-state index in [9.17, 15) is 8.42 Å². The van der Waals surface area contributed by atoms with Crippen LogP contribution < -0.4 is 4.72 Å². The molecule has 0 spiro atoms. The Morgan fingerprint density at radius 3 is 2.48 bits per heavy atom. The summed E-state index contributed by atoms with van der Waals surface area (Å²) in [5.41, 5.74) is 0.977. The van der Waals surface area contributed by atoms with Gasteiger partial charge in [0.25, 0.3) is 0 Å². The predicted octanol–water partition coefficient (Wildman–Crippen LogP) is 4.01. The Morgan fingerprint density at radius 2 is 1.81 bits per heavy atom. The standard InChI is InChI=1S/C14H21Br2NO3S/c1-3-4-7-20-8-5-6-17-21(18,19)14-10-12(15)11(2)9-13(14)16/h9-10,17H,3-8H2,1-2H3. The van der Waals surface area contributed by atoms with E-state index in [1.807, 2.05) is 6.92 Å². The van der Waals surface area contributed by atoms with Crippen molar-refractivity contribution in [2.75, 3.05) is 19.8 Å². The Morgan fingerprint density at radius 1 is 1.14 bits per heavy atom. The molecule has 1 rings (SSSR count). The average Bonchev–Trinajstić information content (AvgIpc) is 2.41. The first-order chi connectivity index (χ1) is 9.88. The lowest BCUT2D eigenvalue weighted by atomic mass is 10.2. The zero-order chi connectivity index (χ0) is 15.9. The van der Waals surface area contributed by atoms with Crippen LogP contribution in [0.2, 0.25) is 0 Å². The van der Waals surface area contributed by atoms with E-state index >= 15 is 0 Å². The third-order valence-electron chi connectivity index (χ3n) is 2.90. The van der Waals surface area contributed by atoms with E-state index in [0.717, 1.165) is 29.5 Å². The number of aryl methyl sites for hydroxylation is 1. The van der Waals surface area contributed by atoms with Gasteiger partial charge < -0.3 is 4.74 Å². The summed E-state index contributed by atoms with van der Waals surface area (Å²) >= 11 is 6.66. The second kappa shape index (κ2) is 9.25. The second-order valence-electron chi connectivity index (χ2n) is 4.75. The molecule has 0 heterocycles. The minimum Gasteiger partial charge on any atom is -0.381 e. The summed E-state index contributed by atoms with van der Waals surface area (Å²) in [7, 11) is -3.51. The molecule has 0 bridgehead atoms. The van der Waals surface area contributed by atoms with Gasteiger partial charge in [-0.15, -0.1) is 0 Å². The smallest absolute Gasteiger partial charge is 0.241 e. The van der Waals surface area contributed by atoms with Crippen LogP contribution in [0, 0.1) is 6.92 Å². The van der Waals surface area contributed by atoms with Crippen molar-refractivity contribution in [1.29, 1.82) is 0 Å². The van der Waals surface area contributed by atoms with Gasteiger partial charge in [0.15, 0.2) is 0 Å². The Labute approximate surface area is 144 Å². The number of hydrogen-bond donors (Lipinski definition) is 1. The zero-order valence-electron chi connectivity index (χ0n) is 12.3. The maximum absolute atomic E-state index is 12.2. The molecule has 0 aromatic heterocycles. The summed E-state index contributed by atoms with van der Waals surface area (Å²) in [6.45, 7) is 5.69. The number of unbranched alkanes of at least 4 members (excludes halogenated alkanes) is 1. The van der Waals surface area contributed by atoms with E-state index in [4.69, 9.17) is 4.74 Å². The number of hydrogen-bond acceptors (Lipinski definition) is 3. The zero-order valence-corrected chi connectivity index (χ0v) is 16.3. The van der Waals surface area contributed by atoms with Crippen molar-refractivity contribution in [1.82, 2.24) is 4.72 Å². The van der Waals surface area contributed by atoms with E-state index in [-0.39, 0.29) is 4.90 Å². The van der Waals surface area contributed by atoms with Crippen molar-refractivity contribution in [3.05, 3.63) is 26.6 Å². The van der Waals surface area contributed by atoms with E-state index in [1.165, 1.54) is 0 Å². The van der Waals surface area contributed by atoms with Crippen molar-refractivity contribution in [3.63, 3.8) is 0 Å². The first kappa shape index (κ1) is 19.1. The van der Waals surface area contributed by atoms with Crippen LogP contribution in [0.15, 0.2) is 26.0 Å². The molecule has 0 aliphatic rings. The van der Waals surface area contributed by atoms with Gasteiger partial charge in [-0.05, 0) is 53.4 Å². The lowest BCUT2D eigenvalue weighted by Gasteiger charge is -2.10. The third kappa shape index (κ3) is 6.36. The van der Waals surface area contributed by atoms with Gasteiger partial charge in [-0.3, -0.25) is 0 Å². The predicted molar refractivity (Wildman–Crippen MR) is 92.1 cm³/mol. The molecule has 120 valence electrons. The molecule has 0 saturated heterocycles. The fourth-order valence-corrected chi connectivity index (χ4v) is 4.39. The highest BCUT2D eigenvalue weighted by molar-refractivity contribution is 9.11. The highest BCUT2D eigenvalue weighted by Gasteiger charge is 2.18. The Balaban J connectivity index is 2.53. The van der Waals surface area contributed by atoms with Crippen molar-refractivity contribution >= 4 is 41.9 Å². The largest absolute Gasteiger partial charge is 0.381 e. The summed E-state index contributed by atoms with van der Waals surface area (Å²) in [5, 5.41) is 0. The van der Waals surface area contributed by atoms with E-state index < -0.39 is 10.0 Å². The maximum atomic E-state index is 12.2. The van der Waals surface area contributed by atoms with Crippen LogP contribution in [-0.2, 0) is 14.8 Å². The van der Waals surface area contributed by atoms with Gasteiger partial charge >= 0.3 is 0 Å². The van der Waals surface area contributed by atoms with Crippen LogP contribution >= 0.6 is 31.9 Å². The number of halogens is 2. The number of ether oxygens (including phenoxy) is 1. The molecule has 1 N–H and O–H groups in total. The molecule has 0 atom stereocenters. The van der Waals surface area contributed by atoms with Crippen LogP contribution in [0.4, 0.5) is 0 Å². The molecular weight excluding hydrogens is 422 g/mol. The summed E-state index contributed by atoms with van der Waals surface area (Å²) < 4.78 is 33.8. The van der Waals surface area contributed by atoms with Gasteiger partial charge in [-0.25, -0.2) is 13.1 Å². The summed E-state index contributed by atoms with van der Waals surface area (Å²) in [4.78, 5) is 0.242. The van der Waals surface area contributed by atoms with Crippen LogP contribution in [0.3, 0.4) is 0 Å². The summed E-state index contributed by atoms with van der Waals surface area (Å²) in [5.74, 6) is 0. The normalized spacial score (nSPS) is 11.8. The van der Waals surface area contributed by atoms with Crippen molar-refractivity contribution in [2.45, 2.75) is 38.0 Å². The average molecular weight is 443 g/mol. The van der Waals surface area contributed by atoms with Gasteiger partial charge in [0.1, 0.15) is 0 Å². The molecule has 0 aliphatic heterocycles. The Hall–Kier alpha value is 0.0500. The minimum absolute atomic E-state index is 0.242. The van der Waals surface area contributed by atoms with Gasteiger partial charge in [-0.2, -0.15) is 0 Å². The molecule has 1 aromatic carbocycles. The fraction of sp³-hybridized carbons (Fsp3) is 0.571. The summed E-state index contributed by atoms with van der Waals surface area (Å²) in [6, 6.07) is 3.39. The summed E-state index contributed by atoms with van der Waals surface area (Å²) in [6.07, 6.45) is 2.80. The monoisotopic (exact) mass is 441 g/mol. The third-order valence-corrected chi connectivity index (χ3v) is 6.18. The molecule has 1 aromatic rings. The van der Waals surface area contributed by atoms with Crippen LogP contribution in [0.1, 0.15) is 31.7 Å². The topological polar surface area (TPSA) is 55.4 Å². The van der Waals surface area contributed by atoms with Gasteiger partial charge in [0.05, 0.1) is 4.90 Å². The van der Waals surface area contributed by atoms with E-state index in [1.54, 1.807) is 12.1 Å². The van der Waals surface area contributed by atoms with Crippen molar-refractivity contribution in [2.24, 2.45) is 0 Å². The first-order valence-electron chi connectivity index (χ1n) is 6.91. The van der Waals surface area contributed by atoms with Crippen molar-refractivity contribution in [3.8, 4) is 0 Å². The van der Waals surface area contributed by atoms with Crippen LogP contribution in [0.5, 0.6) is 0 Å². The molecule has 0 aliphatic carbocycles. The molecule has 0 amide bonds. The number of benzene rings is 1.